The van der Waals surface area contributed by atoms with E-state index in [1.54, 1.807) is 0 Å². The number of esters is 1. The molecule has 0 spiro atoms. The van der Waals surface area contributed by atoms with Crippen LogP contribution >= 0.6 is 0 Å². The Kier molecular flexibility index (Phi) is 7.41. The van der Waals surface area contributed by atoms with E-state index in [2.05, 4.69) is 19.9 Å². The first-order valence-corrected chi connectivity index (χ1v) is 9.31. The van der Waals surface area contributed by atoms with Gasteiger partial charge in [0.25, 0.3) is 11.8 Å². The van der Waals surface area contributed by atoms with Crippen molar-refractivity contribution in [1.82, 2.24) is 4.90 Å². The number of unbranched alkanes of at least 4 members (excludes halogenated alkanes) is 2. The van der Waals surface area contributed by atoms with Crippen molar-refractivity contribution >= 4 is 17.8 Å². The Balaban J connectivity index is 1.61. The highest BCUT2D eigenvalue weighted by Crippen LogP contribution is 2.30. The van der Waals surface area contributed by atoms with Gasteiger partial charge in [-0.2, -0.15) is 0 Å². The van der Waals surface area contributed by atoms with E-state index >= 15 is 0 Å². The zero-order valence-corrected chi connectivity index (χ0v) is 15.3. The van der Waals surface area contributed by atoms with Gasteiger partial charge < -0.3 is 4.74 Å². The Morgan fingerprint density at radius 1 is 1.12 bits per heavy atom. The molecule has 2 aliphatic rings. The van der Waals surface area contributed by atoms with E-state index in [1.165, 1.54) is 22.6 Å². The molecule has 1 heterocycles. The fraction of sp³-hybridized carbons (Fsp3) is 0.650. The van der Waals surface area contributed by atoms with Gasteiger partial charge in [-0.25, -0.2) is 0 Å². The normalized spacial score (nSPS) is 23.0. The van der Waals surface area contributed by atoms with Crippen molar-refractivity contribution < 1.29 is 19.1 Å². The second-order valence-electron chi connectivity index (χ2n) is 7.28. The molecule has 0 saturated heterocycles. The van der Waals surface area contributed by atoms with Gasteiger partial charge >= 0.3 is 5.97 Å². The number of rotatable bonds is 8. The highest BCUT2D eigenvalue weighted by Gasteiger charge is 2.31. The number of hydrogen-bond acceptors (Lipinski definition) is 4. The summed E-state index contributed by atoms with van der Waals surface area (Å²) in [6, 6.07) is 0. The predicted octanol–water partition coefficient (Wildman–Crippen LogP) is 3.40. The maximum atomic E-state index is 12.1. The smallest absolute Gasteiger partial charge is 0.308 e. The number of imide groups is 1. The maximum Gasteiger partial charge on any atom is 0.308 e. The van der Waals surface area contributed by atoms with Crippen LogP contribution in [0.3, 0.4) is 0 Å². The largest absolute Gasteiger partial charge is 0.465 e. The number of ether oxygens (including phenoxy) is 1. The third-order valence-electron chi connectivity index (χ3n) is 4.92. The molecule has 0 radical (unpaired) electrons. The minimum absolute atomic E-state index is 0.0304. The first-order chi connectivity index (χ1) is 12.0. The molecule has 0 aromatic rings. The van der Waals surface area contributed by atoms with Crippen LogP contribution in [0.2, 0.25) is 0 Å². The highest BCUT2D eigenvalue weighted by atomic mass is 16.5. The molecular formula is C20H29NO4. The molecule has 1 fully saturated rings. The molecule has 0 bridgehead atoms. The maximum absolute atomic E-state index is 12.1. The van der Waals surface area contributed by atoms with Gasteiger partial charge in [0.1, 0.15) is 0 Å². The van der Waals surface area contributed by atoms with Gasteiger partial charge in [-0.05, 0) is 64.7 Å². The fourth-order valence-electron chi connectivity index (χ4n) is 3.38. The molecule has 0 unspecified atom stereocenters. The Morgan fingerprint density at radius 3 is 2.36 bits per heavy atom. The van der Waals surface area contributed by atoms with E-state index < -0.39 is 0 Å². The fourth-order valence-corrected chi connectivity index (χ4v) is 3.38. The number of amides is 2. The van der Waals surface area contributed by atoms with E-state index in [0.29, 0.717) is 19.1 Å². The molecule has 5 heteroatoms. The minimum atomic E-state index is -0.223. The Hall–Kier alpha value is -1.91. The topological polar surface area (TPSA) is 63.7 Å². The molecule has 1 aliphatic heterocycles. The van der Waals surface area contributed by atoms with Crippen molar-refractivity contribution in [3.8, 4) is 0 Å². The number of nitrogens with zero attached hydrogens (tertiary/aromatic N) is 1. The molecule has 1 aliphatic carbocycles. The van der Waals surface area contributed by atoms with Crippen molar-refractivity contribution in [1.29, 1.82) is 0 Å². The van der Waals surface area contributed by atoms with Crippen LogP contribution in [-0.2, 0) is 19.1 Å². The first kappa shape index (κ1) is 19.4. The van der Waals surface area contributed by atoms with E-state index in [1.807, 2.05) is 0 Å². The van der Waals surface area contributed by atoms with Crippen LogP contribution in [0.5, 0.6) is 0 Å². The van der Waals surface area contributed by atoms with Gasteiger partial charge in [-0.1, -0.05) is 11.6 Å². The van der Waals surface area contributed by atoms with Gasteiger partial charge in [0.15, 0.2) is 0 Å². The molecular weight excluding hydrogens is 318 g/mol. The van der Waals surface area contributed by atoms with E-state index in [4.69, 9.17) is 4.74 Å². The lowest BCUT2D eigenvalue weighted by atomic mass is 9.82. The average Bonchev–Trinajstić information content (AvgIpc) is 2.90. The molecule has 0 atom stereocenters. The van der Waals surface area contributed by atoms with Crippen LogP contribution in [0.25, 0.3) is 0 Å². The van der Waals surface area contributed by atoms with Crippen molar-refractivity contribution in [2.75, 3.05) is 13.2 Å². The standard InChI is InChI=1S/C20H29NO4/c1-15(2)6-4-3-5-13-25-20(24)17-9-7-16(8-10-17)14-21-18(22)11-12-19(21)23/h6,11-12,16-17H,3-5,7-10,13-14H2,1-2H3. The van der Waals surface area contributed by atoms with Crippen LogP contribution < -0.4 is 0 Å². The number of carbonyl (C=O) groups is 3. The Bertz CT molecular complexity index is 534. The third-order valence-corrected chi connectivity index (χ3v) is 4.92. The second-order valence-corrected chi connectivity index (χ2v) is 7.28. The van der Waals surface area contributed by atoms with E-state index in [0.717, 1.165) is 44.9 Å². The van der Waals surface area contributed by atoms with Crippen LogP contribution in [-0.4, -0.2) is 35.8 Å². The van der Waals surface area contributed by atoms with Crippen LogP contribution in [0.15, 0.2) is 23.8 Å². The van der Waals surface area contributed by atoms with Crippen LogP contribution in [0.4, 0.5) is 0 Å². The van der Waals surface area contributed by atoms with Gasteiger partial charge in [-0.15, -0.1) is 0 Å². The predicted molar refractivity (Wildman–Crippen MR) is 95.5 cm³/mol. The lowest BCUT2D eigenvalue weighted by Gasteiger charge is -2.29. The van der Waals surface area contributed by atoms with Gasteiger partial charge in [-0.3, -0.25) is 19.3 Å². The summed E-state index contributed by atoms with van der Waals surface area (Å²) >= 11 is 0. The zero-order chi connectivity index (χ0) is 18.2. The molecule has 25 heavy (non-hydrogen) atoms. The van der Waals surface area contributed by atoms with Crippen LogP contribution in [0.1, 0.15) is 58.8 Å². The molecule has 5 nitrogen and oxygen atoms in total. The highest BCUT2D eigenvalue weighted by molar-refractivity contribution is 6.12. The zero-order valence-electron chi connectivity index (χ0n) is 15.3. The first-order valence-electron chi connectivity index (χ1n) is 9.31. The van der Waals surface area contributed by atoms with Crippen molar-refractivity contribution in [2.24, 2.45) is 11.8 Å². The third kappa shape index (κ3) is 6.15. The molecule has 1 saturated carbocycles. The lowest BCUT2D eigenvalue weighted by Crippen LogP contribution is -2.36. The van der Waals surface area contributed by atoms with Crippen LogP contribution in [0, 0.1) is 11.8 Å². The summed E-state index contributed by atoms with van der Waals surface area (Å²) in [5, 5.41) is 0. The SMILES string of the molecule is CC(C)=CCCCCOC(=O)C1CCC(CN2C(=O)C=CC2=O)CC1. The van der Waals surface area contributed by atoms with Crippen molar-refractivity contribution in [3.05, 3.63) is 23.8 Å². The summed E-state index contributed by atoms with van der Waals surface area (Å²) in [5.41, 5.74) is 1.32. The summed E-state index contributed by atoms with van der Waals surface area (Å²) in [7, 11) is 0. The lowest BCUT2D eigenvalue weighted by molar-refractivity contribution is -0.150. The van der Waals surface area contributed by atoms with E-state index in [-0.39, 0.29) is 23.7 Å². The summed E-state index contributed by atoms with van der Waals surface area (Å²) < 4.78 is 5.40. The number of hydrogen-bond donors (Lipinski definition) is 0. The summed E-state index contributed by atoms with van der Waals surface area (Å²) in [5.74, 6) is -0.270. The molecule has 0 N–H and O–H groups in total. The van der Waals surface area contributed by atoms with Gasteiger partial charge in [0.05, 0.1) is 12.5 Å². The summed E-state index contributed by atoms with van der Waals surface area (Å²) in [6.45, 7) is 5.14. The molecule has 138 valence electrons. The molecule has 0 aromatic heterocycles. The van der Waals surface area contributed by atoms with Crippen molar-refractivity contribution in [3.63, 3.8) is 0 Å². The molecule has 2 rings (SSSR count). The number of carbonyl (C=O) groups excluding carboxylic acids is 3. The number of allylic oxidation sites excluding steroid dienone is 2. The summed E-state index contributed by atoms with van der Waals surface area (Å²) in [6.07, 6.45) is 11.1. The van der Waals surface area contributed by atoms with E-state index in [9.17, 15) is 14.4 Å². The van der Waals surface area contributed by atoms with Crippen molar-refractivity contribution in [2.45, 2.75) is 58.8 Å². The summed E-state index contributed by atoms with van der Waals surface area (Å²) in [4.78, 5) is 36.6. The second kappa shape index (κ2) is 9.54. The van der Waals surface area contributed by atoms with Gasteiger partial charge in [0.2, 0.25) is 0 Å². The minimum Gasteiger partial charge on any atom is -0.465 e. The quantitative estimate of drug-likeness (QED) is 0.292. The Labute approximate surface area is 150 Å². The monoisotopic (exact) mass is 347 g/mol. The Morgan fingerprint density at radius 2 is 1.76 bits per heavy atom. The average molecular weight is 347 g/mol. The van der Waals surface area contributed by atoms with Gasteiger partial charge in [0, 0.05) is 18.7 Å². The molecule has 0 aromatic carbocycles. The molecule has 2 amide bonds.